The largest absolute Gasteiger partial charge is 0.324 e. The van der Waals surface area contributed by atoms with Crippen LogP contribution in [-0.2, 0) is 18.4 Å². The minimum atomic E-state index is -0.153. The molecule has 1 saturated heterocycles. The molecule has 0 aliphatic carbocycles. The van der Waals surface area contributed by atoms with Gasteiger partial charge in [0.2, 0.25) is 0 Å². The second-order valence-corrected chi connectivity index (χ2v) is 14.1. The maximum absolute atomic E-state index is 13.0. The number of nitrogens with zero attached hydrogens (tertiary/aromatic N) is 5. The number of aromatic nitrogens is 5. The van der Waals surface area contributed by atoms with Crippen molar-refractivity contribution in [3.63, 3.8) is 0 Å². The molecule has 3 aromatic carbocycles. The van der Waals surface area contributed by atoms with Crippen molar-refractivity contribution in [2.24, 2.45) is 0 Å². The summed E-state index contributed by atoms with van der Waals surface area (Å²) in [6.07, 6.45) is 5.47. The molecule has 8 heteroatoms. The Bertz CT molecular complexity index is 1990. The number of nitrogens with one attached hydrogen (secondary N) is 1. The molecular weight excluding hydrogens is 577 g/mol. The van der Waals surface area contributed by atoms with Gasteiger partial charge in [-0.1, -0.05) is 81.8 Å². The zero-order chi connectivity index (χ0) is 31.0. The summed E-state index contributed by atoms with van der Waals surface area (Å²) in [5, 5.41) is 3.20. The van der Waals surface area contributed by atoms with Crippen molar-refractivity contribution in [1.29, 1.82) is 0 Å². The first-order chi connectivity index (χ1) is 21.8. The summed E-state index contributed by atoms with van der Waals surface area (Å²) in [5.41, 5.74) is 8.16. The summed E-state index contributed by atoms with van der Waals surface area (Å²) >= 11 is 1.69. The fraction of sp³-hybridized carbons (Fsp3) is 0.351. The van der Waals surface area contributed by atoms with Crippen molar-refractivity contribution < 1.29 is 0 Å². The molecule has 6 aromatic rings. The Morgan fingerprint density at radius 2 is 1.60 bits per heavy atom. The summed E-state index contributed by atoms with van der Waals surface area (Å²) < 4.78 is 2.35. The van der Waals surface area contributed by atoms with Crippen LogP contribution in [0.15, 0.2) is 76.9 Å². The maximum atomic E-state index is 13.0. The molecule has 4 heterocycles. The number of aromatic amines is 1. The smallest absolute Gasteiger partial charge is 0.270 e. The van der Waals surface area contributed by atoms with Crippen molar-refractivity contribution in [3.05, 3.63) is 99.4 Å². The molecule has 0 atom stereocenters. The lowest BCUT2D eigenvalue weighted by Gasteiger charge is -2.26. The average molecular weight is 617 g/mol. The van der Waals surface area contributed by atoms with Crippen LogP contribution in [0, 0.1) is 0 Å². The highest BCUT2D eigenvalue weighted by Crippen LogP contribution is 2.33. The van der Waals surface area contributed by atoms with E-state index in [1.165, 1.54) is 32.4 Å². The van der Waals surface area contributed by atoms with E-state index in [0.29, 0.717) is 17.6 Å². The van der Waals surface area contributed by atoms with Gasteiger partial charge < -0.3 is 14.5 Å². The topological polar surface area (TPSA) is 79.7 Å². The average Bonchev–Trinajstić information content (AvgIpc) is 3.68. The predicted molar refractivity (Wildman–Crippen MR) is 185 cm³/mol. The number of hydrogen-bond acceptors (Lipinski definition) is 6. The van der Waals surface area contributed by atoms with E-state index in [1.807, 2.05) is 36.4 Å². The quantitative estimate of drug-likeness (QED) is 0.189. The predicted octanol–water partition coefficient (Wildman–Crippen LogP) is 7.83. The van der Waals surface area contributed by atoms with E-state index in [2.05, 4.69) is 70.9 Å². The first-order valence-corrected chi connectivity index (χ1v) is 17.0. The molecular formula is C37H40N6OS. The van der Waals surface area contributed by atoms with Gasteiger partial charge in [0.15, 0.2) is 0 Å². The van der Waals surface area contributed by atoms with Gasteiger partial charge in [0.25, 0.3) is 5.56 Å². The van der Waals surface area contributed by atoms with Gasteiger partial charge in [0.05, 0.1) is 27.8 Å². The number of benzene rings is 3. The number of H-pyrrole nitrogens is 1. The summed E-state index contributed by atoms with van der Waals surface area (Å²) in [6, 6.07) is 22.7. The van der Waals surface area contributed by atoms with E-state index in [0.717, 1.165) is 69.3 Å². The second-order valence-electron chi connectivity index (χ2n) is 13.2. The van der Waals surface area contributed by atoms with E-state index in [9.17, 15) is 4.79 Å². The van der Waals surface area contributed by atoms with Crippen molar-refractivity contribution in [2.45, 2.75) is 64.8 Å². The number of aryl methyl sites for hydroxylation is 1. The summed E-state index contributed by atoms with van der Waals surface area (Å²) in [5.74, 6) is 0.937. The molecule has 7 nitrogen and oxygen atoms in total. The van der Waals surface area contributed by atoms with Crippen molar-refractivity contribution in [3.8, 4) is 22.0 Å². The van der Waals surface area contributed by atoms with Crippen LogP contribution in [0.2, 0.25) is 0 Å². The number of imidazole rings is 1. The van der Waals surface area contributed by atoms with Crippen LogP contribution < -0.4 is 5.56 Å². The fourth-order valence-corrected chi connectivity index (χ4v) is 7.30. The van der Waals surface area contributed by atoms with Gasteiger partial charge in [0.1, 0.15) is 16.5 Å². The lowest BCUT2D eigenvalue weighted by atomic mass is 9.93. The normalized spacial score (nSPS) is 14.5. The zero-order valence-corrected chi connectivity index (χ0v) is 27.2. The number of hydrogen-bond donors (Lipinski definition) is 1. The van der Waals surface area contributed by atoms with Gasteiger partial charge in [-0.3, -0.25) is 4.79 Å². The zero-order valence-electron chi connectivity index (χ0n) is 26.3. The Morgan fingerprint density at radius 1 is 0.844 bits per heavy atom. The number of fused-ring (bicyclic) bond motifs is 2. The van der Waals surface area contributed by atoms with Crippen LogP contribution in [0.1, 0.15) is 63.4 Å². The van der Waals surface area contributed by atoms with Crippen LogP contribution in [0.25, 0.3) is 44.0 Å². The molecule has 0 unspecified atom stereocenters. The second kappa shape index (κ2) is 12.3. The Labute approximate surface area is 268 Å². The van der Waals surface area contributed by atoms with Crippen LogP contribution in [-0.4, -0.2) is 49.0 Å². The van der Waals surface area contributed by atoms with Gasteiger partial charge >= 0.3 is 0 Å². The fourth-order valence-electron chi connectivity index (χ4n) is 6.25. The Hall–Kier alpha value is -4.14. The van der Waals surface area contributed by atoms with Crippen molar-refractivity contribution >= 4 is 33.4 Å². The molecule has 1 N–H and O–H groups in total. The number of likely N-dealkylation sites (tertiary alicyclic amines) is 1. The maximum Gasteiger partial charge on any atom is 0.270 e. The van der Waals surface area contributed by atoms with E-state index < -0.39 is 0 Å². The van der Waals surface area contributed by atoms with Crippen LogP contribution >= 0.6 is 11.3 Å². The summed E-state index contributed by atoms with van der Waals surface area (Å²) in [7, 11) is 0. The molecule has 7 rings (SSSR count). The first kappa shape index (κ1) is 29.6. The highest BCUT2D eigenvalue weighted by Gasteiger charge is 2.19. The Morgan fingerprint density at radius 3 is 2.33 bits per heavy atom. The third-order valence-corrected chi connectivity index (χ3v) is 9.70. The van der Waals surface area contributed by atoms with Gasteiger partial charge in [0, 0.05) is 34.9 Å². The van der Waals surface area contributed by atoms with Gasteiger partial charge in [-0.05, 0) is 56.6 Å². The molecule has 0 bridgehead atoms. The van der Waals surface area contributed by atoms with Gasteiger partial charge in [-0.15, -0.1) is 11.3 Å². The van der Waals surface area contributed by atoms with E-state index in [1.54, 1.807) is 11.3 Å². The van der Waals surface area contributed by atoms with Gasteiger partial charge in [-0.25, -0.2) is 15.0 Å². The van der Waals surface area contributed by atoms with E-state index >= 15 is 0 Å². The molecule has 1 aliphatic rings. The highest BCUT2D eigenvalue weighted by molar-refractivity contribution is 7.13. The molecule has 0 amide bonds. The Kier molecular flexibility index (Phi) is 8.10. The molecule has 1 fully saturated rings. The lowest BCUT2D eigenvalue weighted by Crippen LogP contribution is -2.31. The van der Waals surface area contributed by atoms with Crippen LogP contribution in [0.4, 0.5) is 0 Å². The molecule has 45 heavy (non-hydrogen) atoms. The molecule has 230 valence electrons. The molecule has 0 radical (unpaired) electrons. The summed E-state index contributed by atoms with van der Waals surface area (Å²) in [4.78, 5) is 33.6. The monoisotopic (exact) mass is 616 g/mol. The third-order valence-electron chi connectivity index (χ3n) is 8.81. The van der Waals surface area contributed by atoms with E-state index in [4.69, 9.17) is 15.0 Å². The third kappa shape index (κ3) is 6.35. The molecule has 0 saturated carbocycles. The Balaban J connectivity index is 1.26. The minimum Gasteiger partial charge on any atom is -0.324 e. The molecule has 0 spiro atoms. The van der Waals surface area contributed by atoms with Crippen molar-refractivity contribution in [1.82, 2.24) is 29.4 Å². The highest BCUT2D eigenvalue weighted by atomic mass is 32.1. The lowest BCUT2D eigenvalue weighted by molar-refractivity contribution is 0.223. The number of thiazole rings is 1. The van der Waals surface area contributed by atoms with Crippen molar-refractivity contribution in [2.75, 3.05) is 19.6 Å². The van der Waals surface area contributed by atoms with Crippen LogP contribution in [0.3, 0.4) is 0 Å². The standard InChI is InChI=1S/C37H40N6OS/c1-37(2,3)33-24-45-36(41-33)27-15-13-26(14-16-27)34-39-30-22-28-29(38-31(35(44)40-28)21-25-11-6-4-7-12-25)23-32(30)43(34)20-10-19-42-17-8-5-9-18-42/h4,6-7,11-16,22-24H,5,8-10,17-21H2,1-3H3,(H,40,44). The minimum absolute atomic E-state index is 0.0265. The van der Waals surface area contributed by atoms with Gasteiger partial charge in [-0.2, -0.15) is 0 Å². The summed E-state index contributed by atoms with van der Waals surface area (Å²) in [6.45, 7) is 10.9. The molecule has 3 aromatic heterocycles. The number of piperidine rings is 1. The first-order valence-electron chi connectivity index (χ1n) is 16.1. The SMILES string of the molecule is CC(C)(C)c1csc(-c2ccc(-c3nc4cc5[nH]c(=O)c(Cc6ccccc6)nc5cc4n3CCCN3CCCCC3)cc2)n1. The van der Waals surface area contributed by atoms with E-state index in [-0.39, 0.29) is 11.0 Å². The number of rotatable bonds is 8. The molecule has 1 aliphatic heterocycles. The van der Waals surface area contributed by atoms with Crippen LogP contribution in [0.5, 0.6) is 0 Å².